The molecular formula is C19H22FN3O2. The molecule has 1 unspecified atom stereocenters. The summed E-state index contributed by atoms with van der Waals surface area (Å²) in [6.07, 6.45) is 4.60. The number of nitrogens with zero attached hydrogens (tertiary/aromatic N) is 2. The highest BCUT2D eigenvalue weighted by molar-refractivity contribution is 5.86. The van der Waals surface area contributed by atoms with Crippen molar-refractivity contribution in [2.24, 2.45) is 0 Å². The van der Waals surface area contributed by atoms with E-state index < -0.39 is 5.60 Å². The topological polar surface area (TPSA) is 65.5 Å². The number of benzene rings is 1. The highest BCUT2D eigenvalue weighted by atomic mass is 19.1. The van der Waals surface area contributed by atoms with Crippen molar-refractivity contribution >= 4 is 5.91 Å². The third-order valence-corrected chi connectivity index (χ3v) is 4.49. The Morgan fingerprint density at radius 2 is 1.88 bits per heavy atom. The van der Waals surface area contributed by atoms with E-state index in [4.69, 9.17) is 0 Å². The van der Waals surface area contributed by atoms with Gasteiger partial charge in [0.05, 0.1) is 0 Å². The van der Waals surface area contributed by atoms with Crippen LogP contribution in [0.15, 0.2) is 48.8 Å². The minimum absolute atomic E-state index is 0.202. The molecule has 1 amide bonds. The number of carbonyl (C=O) groups is 1. The lowest BCUT2D eigenvalue weighted by Crippen LogP contribution is -2.57. The Morgan fingerprint density at radius 3 is 2.60 bits per heavy atom. The van der Waals surface area contributed by atoms with E-state index in [1.54, 1.807) is 29.4 Å². The minimum atomic E-state index is -1.40. The molecule has 6 heteroatoms. The number of piperidine rings is 1. The number of aromatic nitrogens is 1. The van der Waals surface area contributed by atoms with Crippen molar-refractivity contribution in [3.8, 4) is 0 Å². The molecule has 1 aromatic heterocycles. The van der Waals surface area contributed by atoms with E-state index in [0.29, 0.717) is 26.1 Å². The monoisotopic (exact) mass is 343 g/mol. The standard InChI is InChI=1S/C19H22FN3O2/c20-17-4-2-16(3-5-17)13-23-11-1-8-19(25,18(23)24)14-22-12-15-6-9-21-10-7-15/h2-7,9-10,22,25H,1,8,11-14H2. The molecular weight excluding hydrogens is 321 g/mol. The number of pyridine rings is 1. The fourth-order valence-electron chi connectivity index (χ4n) is 3.10. The maximum absolute atomic E-state index is 13.0. The first-order chi connectivity index (χ1) is 12.1. The van der Waals surface area contributed by atoms with Gasteiger partial charge in [0.1, 0.15) is 5.82 Å². The Morgan fingerprint density at radius 1 is 1.16 bits per heavy atom. The molecule has 1 saturated heterocycles. The van der Waals surface area contributed by atoms with Gasteiger partial charge in [-0.15, -0.1) is 0 Å². The van der Waals surface area contributed by atoms with Crippen molar-refractivity contribution in [1.29, 1.82) is 0 Å². The van der Waals surface area contributed by atoms with Gasteiger partial charge in [0.25, 0.3) is 5.91 Å². The van der Waals surface area contributed by atoms with Gasteiger partial charge in [0, 0.05) is 38.6 Å². The van der Waals surface area contributed by atoms with Crippen LogP contribution in [0.3, 0.4) is 0 Å². The zero-order valence-corrected chi connectivity index (χ0v) is 14.0. The number of likely N-dealkylation sites (tertiary alicyclic amines) is 1. The lowest BCUT2D eigenvalue weighted by molar-refractivity contribution is -0.157. The molecule has 1 fully saturated rings. The highest BCUT2D eigenvalue weighted by Crippen LogP contribution is 2.24. The number of halogens is 1. The molecule has 1 aliphatic rings. The van der Waals surface area contributed by atoms with Gasteiger partial charge < -0.3 is 15.3 Å². The fraction of sp³-hybridized carbons (Fsp3) is 0.368. The maximum atomic E-state index is 13.0. The number of nitrogens with one attached hydrogen (secondary N) is 1. The second-order valence-electron chi connectivity index (χ2n) is 6.45. The first-order valence-electron chi connectivity index (χ1n) is 8.43. The molecule has 132 valence electrons. The third-order valence-electron chi connectivity index (χ3n) is 4.49. The van der Waals surface area contributed by atoms with Gasteiger partial charge in [-0.25, -0.2) is 4.39 Å². The Balaban J connectivity index is 1.59. The van der Waals surface area contributed by atoms with Crippen LogP contribution in [0.2, 0.25) is 0 Å². The van der Waals surface area contributed by atoms with Gasteiger partial charge >= 0.3 is 0 Å². The van der Waals surface area contributed by atoms with Crippen molar-refractivity contribution in [2.75, 3.05) is 13.1 Å². The molecule has 2 N–H and O–H groups in total. The van der Waals surface area contributed by atoms with Crippen LogP contribution in [0.4, 0.5) is 4.39 Å². The van der Waals surface area contributed by atoms with Crippen LogP contribution in [0.25, 0.3) is 0 Å². The van der Waals surface area contributed by atoms with Crippen molar-refractivity contribution in [3.05, 3.63) is 65.7 Å². The average Bonchev–Trinajstić information content (AvgIpc) is 2.62. The van der Waals surface area contributed by atoms with Crippen molar-refractivity contribution in [2.45, 2.75) is 31.5 Å². The zero-order valence-electron chi connectivity index (χ0n) is 14.0. The number of hydrogen-bond acceptors (Lipinski definition) is 4. The zero-order chi connectivity index (χ0) is 17.7. The van der Waals surface area contributed by atoms with Gasteiger partial charge in [-0.2, -0.15) is 0 Å². The molecule has 25 heavy (non-hydrogen) atoms. The predicted octanol–water partition coefficient (Wildman–Crippen LogP) is 1.86. The lowest BCUT2D eigenvalue weighted by Gasteiger charge is -2.38. The summed E-state index contributed by atoms with van der Waals surface area (Å²) in [4.78, 5) is 18.3. The van der Waals surface area contributed by atoms with Crippen LogP contribution in [0.5, 0.6) is 0 Å². The molecule has 3 rings (SSSR count). The average molecular weight is 343 g/mol. The SMILES string of the molecule is O=C1N(Cc2ccc(F)cc2)CCCC1(O)CNCc1ccncc1. The van der Waals surface area contributed by atoms with Gasteiger partial charge in [-0.05, 0) is 48.2 Å². The second kappa shape index (κ2) is 7.72. The van der Waals surface area contributed by atoms with Gasteiger partial charge in [-0.3, -0.25) is 9.78 Å². The number of rotatable bonds is 6. The summed E-state index contributed by atoms with van der Waals surface area (Å²) in [5.41, 5.74) is 0.500. The number of hydrogen-bond donors (Lipinski definition) is 2. The number of amides is 1. The van der Waals surface area contributed by atoms with Crippen LogP contribution >= 0.6 is 0 Å². The van der Waals surface area contributed by atoms with E-state index in [1.807, 2.05) is 12.1 Å². The van der Waals surface area contributed by atoms with E-state index >= 15 is 0 Å². The molecule has 0 bridgehead atoms. The summed E-state index contributed by atoms with van der Waals surface area (Å²) < 4.78 is 13.0. The second-order valence-corrected chi connectivity index (χ2v) is 6.45. The summed E-state index contributed by atoms with van der Waals surface area (Å²) in [5, 5.41) is 13.9. The Labute approximate surface area is 146 Å². The van der Waals surface area contributed by atoms with E-state index in [2.05, 4.69) is 10.3 Å². The van der Waals surface area contributed by atoms with Crippen LogP contribution in [0, 0.1) is 5.82 Å². The molecule has 1 atom stereocenters. The molecule has 5 nitrogen and oxygen atoms in total. The first-order valence-corrected chi connectivity index (χ1v) is 8.43. The predicted molar refractivity (Wildman–Crippen MR) is 91.9 cm³/mol. The van der Waals surface area contributed by atoms with Crippen LogP contribution in [-0.2, 0) is 17.9 Å². The summed E-state index contributed by atoms with van der Waals surface area (Å²) in [6.45, 7) is 1.75. The Bertz CT molecular complexity index is 708. The van der Waals surface area contributed by atoms with E-state index in [9.17, 15) is 14.3 Å². The smallest absolute Gasteiger partial charge is 0.256 e. The quantitative estimate of drug-likeness (QED) is 0.840. The summed E-state index contributed by atoms with van der Waals surface area (Å²) in [7, 11) is 0. The molecule has 0 aliphatic carbocycles. The van der Waals surface area contributed by atoms with Gasteiger partial charge in [0.15, 0.2) is 5.60 Å². The van der Waals surface area contributed by atoms with Crippen molar-refractivity contribution in [3.63, 3.8) is 0 Å². The maximum Gasteiger partial charge on any atom is 0.256 e. The molecule has 2 aromatic rings. The van der Waals surface area contributed by atoms with Crippen LogP contribution < -0.4 is 5.32 Å². The summed E-state index contributed by atoms with van der Waals surface area (Å²) >= 11 is 0. The van der Waals surface area contributed by atoms with Crippen LogP contribution in [-0.4, -0.2) is 39.6 Å². The minimum Gasteiger partial charge on any atom is -0.379 e. The third kappa shape index (κ3) is 4.41. The van der Waals surface area contributed by atoms with Crippen molar-refractivity contribution in [1.82, 2.24) is 15.2 Å². The Kier molecular flexibility index (Phi) is 5.40. The number of carbonyl (C=O) groups excluding carboxylic acids is 1. The molecule has 0 spiro atoms. The van der Waals surface area contributed by atoms with Crippen molar-refractivity contribution < 1.29 is 14.3 Å². The van der Waals surface area contributed by atoms with Gasteiger partial charge in [-0.1, -0.05) is 12.1 Å². The highest BCUT2D eigenvalue weighted by Gasteiger charge is 2.41. The molecule has 1 aliphatic heterocycles. The normalized spacial score (nSPS) is 20.7. The van der Waals surface area contributed by atoms with E-state index in [1.165, 1.54) is 12.1 Å². The first kappa shape index (κ1) is 17.5. The van der Waals surface area contributed by atoms with Crippen LogP contribution in [0.1, 0.15) is 24.0 Å². The largest absolute Gasteiger partial charge is 0.379 e. The molecule has 0 radical (unpaired) electrons. The van der Waals surface area contributed by atoms with Gasteiger partial charge in [0.2, 0.25) is 0 Å². The fourth-order valence-corrected chi connectivity index (χ4v) is 3.10. The van der Waals surface area contributed by atoms with E-state index in [-0.39, 0.29) is 18.3 Å². The molecule has 2 heterocycles. The summed E-state index contributed by atoms with van der Waals surface area (Å²) in [6, 6.07) is 9.87. The summed E-state index contributed by atoms with van der Waals surface area (Å²) in [5.74, 6) is -0.573. The lowest BCUT2D eigenvalue weighted by atomic mass is 9.91. The van der Waals surface area contributed by atoms with E-state index in [0.717, 1.165) is 17.5 Å². The molecule has 1 aromatic carbocycles. The Hall–Kier alpha value is -2.31. The number of aliphatic hydroxyl groups is 1. The molecule has 0 saturated carbocycles.